The van der Waals surface area contributed by atoms with Crippen molar-refractivity contribution in [2.75, 3.05) is 6.61 Å². The number of ether oxygens (including phenoxy) is 1. The Balaban J connectivity index is 1.26. The second kappa shape index (κ2) is 13.2. The van der Waals surface area contributed by atoms with Gasteiger partial charge in [-0.3, -0.25) is 4.79 Å². The largest absolute Gasteiger partial charge is 0.390 e. The number of allylic oxidation sites excluding steroid dienone is 3. The lowest BCUT2D eigenvalue weighted by Gasteiger charge is -2.62. The lowest BCUT2D eigenvalue weighted by Crippen LogP contribution is -2.64. The smallest absolute Gasteiger partial charge is 0.159 e. The average molecular weight is 671 g/mol. The molecule has 8 N–H and O–H groups in total. The Labute approximate surface area is 287 Å². The number of nitrogens with one attached hydrogen (secondary N) is 1. The molecular weight excluding hydrogens is 608 g/mol. The SMILES string of the molecule is CC(C)CCC[C@@H]1CO[C@@H]([C@@H](O)[C@](C)(O)[C@H]2CC[C@@]3(O)C4=CC(=O)[C@@H]5C[C@@H](O)[C@@H](O)C[C@]5(CCC5=CNC(N)C=C5)[C@H]4CC[C@]23C)[C@H]1C. The van der Waals surface area contributed by atoms with Gasteiger partial charge in [0.2, 0.25) is 0 Å². The molecule has 3 saturated carbocycles. The summed E-state index contributed by atoms with van der Waals surface area (Å²) in [5.74, 6) is -0.0194. The van der Waals surface area contributed by atoms with Gasteiger partial charge >= 0.3 is 0 Å². The number of hydrogen-bond donors (Lipinski definition) is 7. The molecular formula is C39H62N2O7. The summed E-state index contributed by atoms with van der Waals surface area (Å²) >= 11 is 0. The Morgan fingerprint density at radius 1 is 1.17 bits per heavy atom. The number of ketones is 1. The first-order chi connectivity index (χ1) is 22.5. The quantitative estimate of drug-likeness (QED) is 0.183. The molecule has 0 aromatic heterocycles. The molecule has 4 aliphatic carbocycles. The van der Waals surface area contributed by atoms with Gasteiger partial charge in [0.15, 0.2) is 5.78 Å². The summed E-state index contributed by atoms with van der Waals surface area (Å²) in [7, 11) is 0. The molecule has 0 amide bonds. The van der Waals surface area contributed by atoms with Crippen molar-refractivity contribution in [3.63, 3.8) is 0 Å². The fraction of sp³-hybridized carbons (Fsp3) is 0.821. The van der Waals surface area contributed by atoms with Crippen molar-refractivity contribution < 1.29 is 35.1 Å². The van der Waals surface area contributed by atoms with Crippen molar-refractivity contribution in [2.24, 2.45) is 52.1 Å². The van der Waals surface area contributed by atoms with E-state index >= 15 is 0 Å². The van der Waals surface area contributed by atoms with Gasteiger partial charge in [-0.15, -0.1) is 0 Å². The van der Waals surface area contributed by atoms with Gasteiger partial charge < -0.3 is 41.3 Å². The molecule has 9 nitrogen and oxygen atoms in total. The number of dihydropyridines is 1. The van der Waals surface area contributed by atoms with Gasteiger partial charge in [-0.05, 0) is 123 Å². The van der Waals surface area contributed by atoms with E-state index < -0.39 is 58.3 Å². The molecule has 6 aliphatic rings. The highest BCUT2D eigenvalue weighted by molar-refractivity contribution is 5.95. The highest BCUT2D eigenvalue weighted by Gasteiger charge is 2.70. The molecule has 0 bridgehead atoms. The minimum absolute atomic E-state index is 0.0925. The van der Waals surface area contributed by atoms with Crippen molar-refractivity contribution in [2.45, 2.75) is 147 Å². The number of fused-ring (bicyclic) bond motifs is 5. The summed E-state index contributed by atoms with van der Waals surface area (Å²) in [5.41, 5.74) is 3.48. The number of hydrogen-bond acceptors (Lipinski definition) is 9. The summed E-state index contributed by atoms with van der Waals surface area (Å²) < 4.78 is 6.22. The zero-order valence-corrected chi connectivity index (χ0v) is 29.8. The first-order valence-corrected chi connectivity index (χ1v) is 18.8. The minimum Gasteiger partial charge on any atom is -0.390 e. The normalized spacial score (nSPS) is 45.8. The van der Waals surface area contributed by atoms with Crippen LogP contribution in [-0.4, -0.2) is 79.7 Å². The van der Waals surface area contributed by atoms with Crippen molar-refractivity contribution >= 4 is 5.78 Å². The van der Waals surface area contributed by atoms with E-state index in [4.69, 9.17) is 10.5 Å². The fourth-order valence-electron chi connectivity index (χ4n) is 11.5. The molecule has 14 atom stereocenters. The predicted molar refractivity (Wildman–Crippen MR) is 184 cm³/mol. The summed E-state index contributed by atoms with van der Waals surface area (Å²) in [5, 5.41) is 62.0. The van der Waals surface area contributed by atoms with Crippen molar-refractivity contribution in [1.82, 2.24) is 5.32 Å². The van der Waals surface area contributed by atoms with Gasteiger partial charge in [0.25, 0.3) is 0 Å². The van der Waals surface area contributed by atoms with E-state index in [0.717, 1.165) is 30.4 Å². The molecule has 270 valence electrons. The zero-order chi connectivity index (χ0) is 34.8. The van der Waals surface area contributed by atoms with Crippen molar-refractivity contribution in [3.8, 4) is 0 Å². The van der Waals surface area contributed by atoms with Crippen LogP contribution in [0.4, 0.5) is 0 Å². The van der Waals surface area contributed by atoms with Crippen molar-refractivity contribution in [3.05, 3.63) is 35.6 Å². The predicted octanol–water partition coefficient (Wildman–Crippen LogP) is 3.87. The van der Waals surface area contributed by atoms with Crippen LogP contribution in [0.5, 0.6) is 0 Å². The van der Waals surface area contributed by atoms with E-state index in [0.29, 0.717) is 63.4 Å². The lowest BCUT2D eigenvalue weighted by atomic mass is 9.44. The number of aliphatic hydroxyl groups excluding tert-OH is 3. The van der Waals surface area contributed by atoms with E-state index in [-0.39, 0.29) is 30.2 Å². The maximum atomic E-state index is 14.1. The third-order valence-corrected chi connectivity index (χ3v) is 14.4. The molecule has 0 aromatic carbocycles. The highest BCUT2D eigenvalue weighted by atomic mass is 16.5. The van der Waals surface area contributed by atoms with Gasteiger partial charge in [0, 0.05) is 17.5 Å². The van der Waals surface area contributed by atoms with Crippen LogP contribution in [0.2, 0.25) is 0 Å². The first kappa shape index (κ1) is 36.2. The summed E-state index contributed by atoms with van der Waals surface area (Å²) in [6, 6.07) is 0. The Hall–Kier alpha value is -1.59. The maximum absolute atomic E-state index is 14.1. The molecule has 2 aliphatic heterocycles. The van der Waals surface area contributed by atoms with Crippen LogP contribution >= 0.6 is 0 Å². The summed E-state index contributed by atoms with van der Waals surface area (Å²) in [6.07, 6.45) is 11.0. The fourth-order valence-corrected chi connectivity index (χ4v) is 11.5. The highest BCUT2D eigenvalue weighted by Crippen LogP contribution is 2.69. The second-order valence-corrected chi connectivity index (χ2v) is 17.5. The molecule has 0 spiro atoms. The van der Waals surface area contributed by atoms with Crippen LogP contribution in [0.15, 0.2) is 35.6 Å². The van der Waals surface area contributed by atoms with E-state index in [1.54, 1.807) is 13.0 Å². The monoisotopic (exact) mass is 670 g/mol. The van der Waals surface area contributed by atoms with Gasteiger partial charge in [-0.25, -0.2) is 0 Å². The lowest BCUT2D eigenvalue weighted by molar-refractivity contribution is -0.195. The molecule has 0 radical (unpaired) electrons. The van der Waals surface area contributed by atoms with Gasteiger partial charge in [0.05, 0.1) is 42.3 Å². The molecule has 1 unspecified atom stereocenters. The maximum Gasteiger partial charge on any atom is 0.159 e. The second-order valence-electron chi connectivity index (χ2n) is 17.5. The van der Waals surface area contributed by atoms with Crippen molar-refractivity contribution in [1.29, 1.82) is 0 Å². The Morgan fingerprint density at radius 3 is 2.60 bits per heavy atom. The average Bonchev–Trinajstić information content (AvgIpc) is 3.54. The first-order valence-electron chi connectivity index (χ1n) is 18.8. The summed E-state index contributed by atoms with van der Waals surface area (Å²) in [6.45, 7) is 10.9. The van der Waals surface area contributed by atoms with E-state index in [1.807, 2.05) is 25.3 Å². The number of nitrogens with two attached hydrogens (primary N) is 1. The minimum atomic E-state index is -1.52. The molecule has 48 heavy (non-hydrogen) atoms. The van der Waals surface area contributed by atoms with E-state index in [9.17, 15) is 30.3 Å². The van der Waals surface area contributed by atoms with Crippen LogP contribution in [0.1, 0.15) is 105 Å². The third kappa shape index (κ3) is 5.87. The molecule has 0 aromatic rings. The number of carbonyl (C=O) groups excluding carboxylic acids is 1. The van der Waals surface area contributed by atoms with Crippen LogP contribution < -0.4 is 11.1 Å². The number of carbonyl (C=O) groups is 1. The van der Waals surface area contributed by atoms with E-state index in [2.05, 4.69) is 26.1 Å². The molecule has 9 heteroatoms. The number of rotatable bonds is 10. The summed E-state index contributed by atoms with van der Waals surface area (Å²) in [4.78, 5) is 14.1. The zero-order valence-electron chi connectivity index (χ0n) is 29.8. The van der Waals surface area contributed by atoms with E-state index in [1.165, 1.54) is 0 Å². The van der Waals surface area contributed by atoms with Crippen LogP contribution in [0.3, 0.4) is 0 Å². The van der Waals surface area contributed by atoms with Gasteiger partial charge in [-0.1, -0.05) is 46.6 Å². The topological polar surface area (TPSA) is 166 Å². The van der Waals surface area contributed by atoms with Crippen LogP contribution in [0.25, 0.3) is 0 Å². The van der Waals surface area contributed by atoms with Crippen LogP contribution in [0, 0.1) is 46.3 Å². The number of aliphatic hydroxyl groups is 5. The Morgan fingerprint density at radius 2 is 1.92 bits per heavy atom. The van der Waals surface area contributed by atoms with Crippen LogP contribution in [-0.2, 0) is 9.53 Å². The third-order valence-electron chi connectivity index (χ3n) is 14.4. The van der Waals surface area contributed by atoms with Gasteiger partial charge in [-0.2, -0.15) is 0 Å². The van der Waals surface area contributed by atoms with Gasteiger partial charge in [0.1, 0.15) is 6.10 Å². The Bertz CT molecular complexity index is 1310. The molecule has 4 fully saturated rings. The Kier molecular flexibility index (Phi) is 9.95. The standard InChI is InChI=1S/C39H62N2O7/c1-22(2)7-6-8-25-21-48-34(23(25)3)35(45)37(5,46)32-13-16-39(47)27-17-29(42)28-18-30(43)31(44)19-38(28,26(27)12-14-36(32,39)4)15-11-24-9-10-33(40)41-20-24/h9-10,17,20,22-23,25-26,28,30-35,41,43-47H,6-8,11-16,18-19,21,40H2,1-5H3/t23-,25+,26-,28-,30+,31-,32-,33?,34+,35+,36+,37+,38+,39+/m0/s1. The molecule has 6 rings (SSSR count). The molecule has 2 heterocycles. The molecule has 1 saturated heterocycles.